The molecule has 0 unspecified atom stereocenters. The molecule has 6 nitrogen and oxygen atoms in total. The first-order valence-corrected chi connectivity index (χ1v) is 11.1. The Morgan fingerprint density at radius 2 is 1.66 bits per heavy atom. The van der Waals surface area contributed by atoms with Crippen LogP contribution >= 0.6 is 0 Å². The Morgan fingerprint density at radius 1 is 1.03 bits per heavy atom. The van der Waals surface area contributed by atoms with Gasteiger partial charge in [-0.3, -0.25) is 4.79 Å². The number of para-hydroxylation sites is 1. The molecule has 0 N–H and O–H groups in total. The lowest BCUT2D eigenvalue weighted by Gasteiger charge is -2.21. The first-order valence-electron chi connectivity index (χ1n) is 9.66. The fourth-order valence-corrected chi connectivity index (χ4v) is 4.11. The van der Waals surface area contributed by atoms with Crippen molar-refractivity contribution in [2.24, 2.45) is 0 Å². The third kappa shape index (κ3) is 5.81. The SMILES string of the molecule is Cc1ccccc1OCCCN(C)C(=O)c1ccc(S(=O)(=O)N(C)C(C)C)cc1. The van der Waals surface area contributed by atoms with Gasteiger partial charge in [-0.05, 0) is 63.1 Å². The molecule has 0 heterocycles. The molecular weight excluding hydrogens is 388 g/mol. The van der Waals surface area contributed by atoms with Crippen molar-refractivity contribution in [3.63, 3.8) is 0 Å². The molecule has 0 bridgehead atoms. The van der Waals surface area contributed by atoms with E-state index >= 15 is 0 Å². The molecule has 0 radical (unpaired) electrons. The average molecular weight is 419 g/mol. The lowest BCUT2D eigenvalue weighted by Crippen LogP contribution is -2.33. The first-order chi connectivity index (χ1) is 13.6. The minimum absolute atomic E-state index is 0.144. The van der Waals surface area contributed by atoms with Gasteiger partial charge in [0.05, 0.1) is 11.5 Å². The minimum atomic E-state index is -3.56. The normalized spacial score (nSPS) is 11.7. The molecule has 0 spiro atoms. The first kappa shape index (κ1) is 22.9. The van der Waals surface area contributed by atoms with E-state index in [1.54, 1.807) is 31.1 Å². The highest BCUT2D eigenvalue weighted by atomic mass is 32.2. The molecule has 0 atom stereocenters. The zero-order valence-electron chi connectivity index (χ0n) is 17.8. The predicted octanol–water partition coefficient (Wildman–Crippen LogP) is 3.57. The number of benzene rings is 2. The van der Waals surface area contributed by atoms with Crippen LogP contribution in [0.15, 0.2) is 53.4 Å². The molecule has 0 saturated heterocycles. The smallest absolute Gasteiger partial charge is 0.253 e. The Kier molecular flexibility index (Phi) is 7.81. The second-order valence-electron chi connectivity index (χ2n) is 7.33. The Labute approximate surface area is 174 Å². The molecule has 2 aromatic rings. The van der Waals surface area contributed by atoms with Crippen molar-refractivity contribution < 1.29 is 17.9 Å². The zero-order chi connectivity index (χ0) is 21.6. The van der Waals surface area contributed by atoms with Crippen LogP contribution in [0.5, 0.6) is 5.75 Å². The third-order valence-corrected chi connectivity index (χ3v) is 6.89. The zero-order valence-corrected chi connectivity index (χ0v) is 18.6. The van der Waals surface area contributed by atoms with Gasteiger partial charge < -0.3 is 9.64 Å². The van der Waals surface area contributed by atoms with Crippen molar-refractivity contribution in [2.45, 2.75) is 38.1 Å². The maximum Gasteiger partial charge on any atom is 0.253 e. The van der Waals surface area contributed by atoms with Crippen LogP contribution in [0.2, 0.25) is 0 Å². The van der Waals surface area contributed by atoms with E-state index in [9.17, 15) is 13.2 Å². The van der Waals surface area contributed by atoms with Gasteiger partial charge in [0.15, 0.2) is 0 Å². The summed E-state index contributed by atoms with van der Waals surface area (Å²) in [5.74, 6) is 0.701. The Morgan fingerprint density at radius 3 is 2.24 bits per heavy atom. The maximum absolute atomic E-state index is 12.6. The lowest BCUT2D eigenvalue weighted by atomic mass is 10.2. The van der Waals surface area contributed by atoms with Crippen molar-refractivity contribution in [3.8, 4) is 5.75 Å². The molecule has 0 fully saturated rings. The summed E-state index contributed by atoms with van der Waals surface area (Å²) in [5.41, 5.74) is 1.54. The van der Waals surface area contributed by atoms with E-state index in [0.717, 1.165) is 11.3 Å². The van der Waals surface area contributed by atoms with Crippen molar-refractivity contribution in [1.29, 1.82) is 0 Å². The van der Waals surface area contributed by atoms with Crippen LogP contribution in [0.1, 0.15) is 36.2 Å². The second-order valence-corrected chi connectivity index (χ2v) is 9.33. The number of carbonyl (C=O) groups excluding carboxylic acids is 1. The number of hydrogen-bond donors (Lipinski definition) is 0. The molecule has 0 aromatic heterocycles. The van der Waals surface area contributed by atoms with Crippen LogP contribution in [-0.4, -0.2) is 56.8 Å². The summed E-state index contributed by atoms with van der Waals surface area (Å²) >= 11 is 0. The van der Waals surface area contributed by atoms with Gasteiger partial charge in [0.25, 0.3) is 5.91 Å². The van der Waals surface area contributed by atoms with Crippen LogP contribution in [0.4, 0.5) is 0 Å². The average Bonchev–Trinajstić information content (AvgIpc) is 2.71. The monoisotopic (exact) mass is 418 g/mol. The largest absolute Gasteiger partial charge is 0.493 e. The number of carbonyl (C=O) groups is 1. The molecule has 0 aliphatic heterocycles. The van der Waals surface area contributed by atoms with Gasteiger partial charge in [-0.25, -0.2) is 8.42 Å². The lowest BCUT2D eigenvalue weighted by molar-refractivity contribution is 0.0787. The second kappa shape index (κ2) is 9.89. The van der Waals surface area contributed by atoms with Crippen LogP contribution in [0, 0.1) is 6.92 Å². The third-order valence-electron chi connectivity index (χ3n) is 4.84. The number of aryl methyl sites for hydroxylation is 1. The van der Waals surface area contributed by atoms with E-state index in [1.807, 2.05) is 45.0 Å². The van der Waals surface area contributed by atoms with Crippen LogP contribution in [0.25, 0.3) is 0 Å². The number of nitrogens with zero attached hydrogens (tertiary/aromatic N) is 2. The van der Waals surface area contributed by atoms with Gasteiger partial charge in [-0.2, -0.15) is 4.31 Å². The number of rotatable bonds is 9. The summed E-state index contributed by atoms with van der Waals surface area (Å²) in [7, 11) is -0.280. The number of amides is 1. The van der Waals surface area contributed by atoms with Gasteiger partial charge in [-0.1, -0.05) is 18.2 Å². The molecule has 0 saturated carbocycles. The highest BCUT2D eigenvalue weighted by Crippen LogP contribution is 2.18. The fraction of sp³-hybridized carbons (Fsp3) is 0.409. The summed E-state index contributed by atoms with van der Waals surface area (Å²) in [6.07, 6.45) is 0.697. The molecule has 2 aromatic carbocycles. The van der Waals surface area contributed by atoms with Gasteiger partial charge >= 0.3 is 0 Å². The molecule has 7 heteroatoms. The van der Waals surface area contributed by atoms with Crippen LogP contribution < -0.4 is 4.74 Å². The number of ether oxygens (including phenoxy) is 1. The topological polar surface area (TPSA) is 66.9 Å². The van der Waals surface area contributed by atoms with E-state index < -0.39 is 10.0 Å². The van der Waals surface area contributed by atoms with Crippen molar-refractivity contribution in [3.05, 3.63) is 59.7 Å². The van der Waals surface area contributed by atoms with Gasteiger partial charge in [0.2, 0.25) is 10.0 Å². The molecule has 0 aliphatic rings. The van der Waals surface area contributed by atoms with E-state index in [2.05, 4.69) is 0 Å². The van der Waals surface area contributed by atoms with E-state index in [0.29, 0.717) is 25.1 Å². The summed E-state index contributed by atoms with van der Waals surface area (Å²) in [6, 6.07) is 13.8. The highest BCUT2D eigenvalue weighted by Gasteiger charge is 2.23. The summed E-state index contributed by atoms with van der Waals surface area (Å²) in [4.78, 5) is 14.4. The summed E-state index contributed by atoms with van der Waals surface area (Å²) in [6.45, 7) is 6.68. The Hall–Kier alpha value is -2.38. The molecule has 158 valence electrons. The molecule has 2 rings (SSSR count). The van der Waals surface area contributed by atoms with Crippen LogP contribution in [-0.2, 0) is 10.0 Å². The molecular formula is C22H30N2O4S. The molecule has 0 aliphatic carbocycles. The van der Waals surface area contributed by atoms with Gasteiger partial charge in [0.1, 0.15) is 5.75 Å². The standard InChI is InChI=1S/C22H30N2O4S/c1-17(2)24(5)29(26,27)20-13-11-19(12-14-20)22(25)23(4)15-8-16-28-21-10-7-6-9-18(21)3/h6-7,9-14,17H,8,15-16H2,1-5H3. The highest BCUT2D eigenvalue weighted by molar-refractivity contribution is 7.89. The Balaban J connectivity index is 1.92. The Bertz CT molecular complexity index is 924. The van der Waals surface area contributed by atoms with Gasteiger partial charge in [0, 0.05) is 32.2 Å². The van der Waals surface area contributed by atoms with Crippen LogP contribution in [0.3, 0.4) is 0 Å². The quantitative estimate of drug-likeness (QED) is 0.584. The van der Waals surface area contributed by atoms with Crippen molar-refractivity contribution in [1.82, 2.24) is 9.21 Å². The molecule has 1 amide bonds. The minimum Gasteiger partial charge on any atom is -0.493 e. The molecule has 29 heavy (non-hydrogen) atoms. The number of sulfonamides is 1. The maximum atomic E-state index is 12.6. The van der Waals surface area contributed by atoms with E-state index in [4.69, 9.17) is 4.74 Å². The van der Waals surface area contributed by atoms with Crippen molar-refractivity contribution >= 4 is 15.9 Å². The predicted molar refractivity (Wildman–Crippen MR) is 115 cm³/mol. The fourth-order valence-electron chi connectivity index (χ4n) is 2.74. The van der Waals surface area contributed by atoms with Crippen molar-refractivity contribution in [2.75, 3.05) is 27.2 Å². The van der Waals surface area contributed by atoms with Gasteiger partial charge in [-0.15, -0.1) is 0 Å². The van der Waals surface area contributed by atoms with E-state index in [1.165, 1.54) is 16.4 Å². The summed E-state index contributed by atoms with van der Waals surface area (Å²) < 4.78 is 32.1. The van der Waals surface area contributed by atoms with E-state index in [-0.39, 0.29) is 16.8 Å². The number of hydrogen-bond acceptors (Lipinski definition) is 4. The summed E-state index contributed by atoms with van der Waals surface area (Å²) in [5, 5.41) is 0.